The number of rotatable bonds is 10. The molecule has 1 N–H and O–H groups in total. The van der Waals surface area contributed by atoms with Crippen molar-refractivity contribution in [3.8, 4) is 11.5 Å². The SMILES string of the molecule is CCOc1cc(C(C[S+](C)[O-])N(C=O)C(=O)c2c(C)cccc2NC(C)=O)ccc1OC. The van der Waals surface area contributed by atoms with Gasteiger partial charge < -0.3 is 19.3 Å². The van der Waals surface area contributed by atoms with Crippen molar-refractivity contribution in [2.75, 3.05) is 31.0 Å². The van der Waals surface area contributed by atoms with Crippen LogP contribution in [0.15, 0.2) is 36.4 Å². The Morgan fingerprint density at radius 1 is 1.25 bits per heavy atom. The first-order chi connectivity index (χ1) is 15.2. The van der Waals surface area contributed by atoms with Crippen molar-refractivity contribution in [2.45, 2.75) is 26.8 Å². The van der Waals surface area contributed by atoms with Crippen LogP contribution in [-0.4, -0.2) is 53.4 Å². The number of carbonyl (C=O) groups excluding carboxylic acids is 3. The molecular formula is C23H28N2O6S. The number of imide groups is 1. The molecule has 2 atom stereocenters. The summed E-state index contributed by atoms with van der Waals surface area (Å²) in [7, 11) is 1.51. The Morgan fingerprint density at radius 2 is 1.97 bits per heavy atom. The highest BCUT2D eigenvalue weighted by Crippen LogP contribution is 2.34. The van der Waals surface area contributed by atoms with Crippen LogP contribution in [0.5, 0.6) is 11.5 Å². The van der Waals surface area contributed by atoms with Crippen LogP contribution in [0, 0.1) is 6.92 Å². The summed E-state index contributed by atoms with van der Waals surface area (Å²) in [5.41, 5.74) is 1.66. The molecule has 0 heterocycles. The Hall–Kier alpha value is -3.04. The van der Waals surface area contributed by atoms with Gasteiger partial charge in [-0.1, -0.05) is 29.4 Å². The van der Waals surface area contributed by atoms with E-state index in [1.54, 1.807) is 43.3 Å². The van der Waals surface area contributed by atoms with Crippen LogP contribution in [-0.2, 0) is 20.8 Å². The van der Waals surface area contributed by atoms with E-state index in [-0.39, 0.29) is 17.2 Å². The predicted molar refractivity (Wildman–Crippen MR) is 124 cm³/mol. The second-order valence-electron chi connectivity index (χ2n) is 7.10. The van der Waals surface area contributed by atoms with Crippen LogP contribution in [0.25, 0.3) is 0 Å². The first-order valence-corrected chi connectivity index (χ1v) is 11.7. The number of nitrogens with one attached hydrogen (secondary N) is 1. The number of nitrogens with zero attached hydrogens (tertiary/aromatic N) is 1. The number of ether oxygens (including phenoxy) is 2. The third-order valence-electron chi connectivity index (χ3n) is 4.75. The summed E-state index contributed by atoms with van der Waals surface area (Å²) >= 11 is -1.32. The lowest BCUT2D eigenvalue weighted by molar-refractivity contribution is -0.117. The van der Waals surface area contributed by atoms with Gasteiger partial charge in [-0.05, 0) is 43.2 Å². The van der Waals surface area contributed by atoms with Crippen molar-refractivity contribution in [1.82, 2.24) is 4.90 Å². The summed E-state index contributed by atoms with van der Waals surface area (Å²) < 4.78 is 23.1. The van der Waals surface area contributed by atoms with Gasteiger partial charge in [0.2, 0.25) is 12.3 Å². The van der Waals surface area contributed by atoms with Gasteiger partial charge in [-0.15, -0.1) is 0 Å². The molecule has 2 rings (SSSR count). The van der Waals surface area contributed by atoms with Gasteiger partial charge in [-0.25, -0.2) is 0 Å². The molecule has 32 heavy (non-hydrogen) atoms. The highest BCUT2D eigenvalue weighted by atomic mass is 32.2. The lowest BCUT2D eigenvalue weighted by Gasteiger charge is -2.28. The highest BCUT2D eigenvalue weighted by Gasteiger charge is 2.32. The summed E-state index contributed by atoms with van der Waals surface area (Å²) in [6.07, 6.45) is 1.93. The molecule has 0 saturated carbocycles. The number of methoxy groups -OCH3 is 1. The first-order valence-electron chi connectivity index (χ1n) is 9.99. The Morgan fingerprint density at radius 3 is 2.53 bits per heavy atom. The van der Waals surface area contributed by atoms with E-state index in [2.05, 4.69) is 5.32 Å². The standard InChI is InChI=1S/C23H28N2O6S/c1-6-31-21-12-17(10-11-20(21)30-4)19(13-32(5)29)25(14-26)23(28)22-15(2)8-7-9-18(22)24-16(3)27/h7-12,14,19H,6,13H2,1-5H3,(H,24,27). The summed E-state index contributed by atoms with van der Waals surface area (Å²) in [6.45, 7) is 5.27. The molecule has 0 aliphatic rings. The van der Waals surface area contributed by atoms with E-state index >= 15 is 0 Å². The zero-order valence-electron chi connectivity index (χ0n) is 18.8. The van der Waals surface area contributed by atoms with E-state index in [1.165, 1.54) is 20.3 Å². The largest absolute Gasteiger partial charge is 0.616 e. The van der Waals surface area contributed by atoms with E-state index < -0.39 is 23.1 Å². The van der Waals surface area contributed by atoms with Crippen molar-refractivity contribution in [2.24, 2.45) is 0 Å². The normalized spacial score (nSPS) is 12.4. The Bertz CT molecular complexity index is 979. The van der Waals surface area contributed by atoms with E-state index in [9.17, 15) is 18.9 Å². The van der Waals surface area contributed by atoms with E-state index in [1.807, 2.05) is 6.92 Å². The predicted octanol–water partition coefficient (Wildman–Crippen LogP) is 3.08. The minimum Gasteiger partial charge on any atom is -0.616 e. The van der Waals surface area contributed by atoms with Crippen LogP contribution in [0.3, 0.4) is 0 Å². The minimum absolute atomic E-state index is 0.0315. The molecule has 2 aromatic rings. The molecule has 8 nitrogen and oxygen atoms in total. The summed E-state index contributed by atoms with van der Waals surface area (Å²) in [4.78, 5) is 38.3. The van der Waals surface area contributed by atoms with Crippen molar-refractivity contribution in [3.05, 3.63) is 53.1 Å². The van der Waals surface area contributed by atoms with Crippen LogP contribution in [0.2, 0.25) is 0 Å². The number of aryl methyl sites for hydroxylation is 1. The van der Waals surface area contributed by atoms with Crippen molar-refractivity contribution >= 4 is 35.1 Å². The maximum absolute atomic E-state index is 13.5. The van der Waals surface area contributed by atoms with Crippen molar-refractivity contribution in [1.29, 1.82) is 0 Å². The smallest absolute Gasteiger partial charge is 0.263 e. The van der Waals surface area contributed by atoms with E-state index in [0.717, 1.165) is 4.90 Å². The van der Waals surface area contributed by atoms with E-state index in [0.29, 0.717) is 41.3 Å². The second-order valence-corrected chi connectivity index (χ2v) is 8.58. The molecule has 2 aromatic carbocycles. The number of benzene rings is 2. The molecule has 0 spiro atoms. The van der Waals surface area contributed by atoms with Crippen molar-refractivity contribution in [3.63, 3.8) is 0 Å². The Labute approximate surface area is 191 Å². The average Bonchev–Trinajstić information content (AvgIpc) is 2.73. The van der Waals surface area contributed by atoms with Gasteiger partial charge in [0.15, 0.2) is 11.5 Å². The fourth-order valence-electron chi connectivity index (χ4n) is 3.37. The Balaban J connectivity index is 2.58. The third kappa shape index (κ3) is 6.02. The number of carbonyl (C=O) groups is 3. The molecular weight excluding hydrogens is 432 g/mol. The van der Waals surface area contributed by atoms with Crippen LogP contribution in [0.1, 0.15) is 41.4 Å². The molecule has 0 fully saturated rings. The second kappa shape index (κ2) is 11.5. The highest BCUT2D eigenvalue weighted by molar-refractivity contribution is 7.90. The van der Waals surface area contributed by atoms with Crippen molar-refractivity contribution < 1.29 is 28.4 Å². The van der Waals surface area contributed by atoms with Gasteiger partial charge in [0.05, 0.1) is 31.2 Å². The van der Waals surface area contributed by atoms with Gasteiger partial charge in [0, 0.05) is 6.92 Å². The number of hydrogen-bond donors (Lipinski definition) is 1. The number of anilines is 1. The van der Waals surface area contributed by atoms with Gasteiger partial charge in [0.25, 0.3) is 5.91 Å². The van der Waals surface area contributed by atoms with Crippen LogP contribution >= 0.6 is 0 Å². The summed E-state index contributed by atoms with van der Waals surface area (Å²) in [5.74, 6) is 0.0374. The molecule has 172 valence electrons. The maximum atomic E-state index is 13.5. The molecule has 0 saturated heterocycles. The molecule has 0 aromatic heterocycles. The molecule has 0 aliphatic heterocycles. The molecule has 2 unspecified atom stereocenters. The lowest BCUT2D eigenvalue weighted by Crippen LogP contribution is -2.38. The third-order valence-corrected chi connectivity index (χ3v) is 5.53. The zero-order chi connectivity index (χ0) is 23.8. The van der Waals surface area contributed by atoms with E-state index in [4.69, 9.17) is 9.47 Å². The minimum atomic E-state index is -1.32. The summed E-state index contributed by atoms with van der Waals surface area (Å²) in [5, 5.41) is 2.64. The fraction of sp³-hybridized carbons (Fsp3) is 0.348. The number of hydrogen-bond acceptors (Lipinski definition) is 6. The monoisotopic (exact) mass is 460 g/mol. The quantitative estimate of drug-likeness (QED) is 0.431. The summed E-state index contributed by atoms with van der Waals surface area (Å²) in [6, 6.07) is 9.26. The molecule has 0 radical (unpaired) electrons. The van der Waals surface area contributed by atoms with Crippen LogP contribution < -0.4 is 14.8 Å². The van der Waals surface area contributed by atoms with Crippen LogP contribution in [0.4, 0.5) is 5.69 Å². The van der Waals surface area contributed by atoms with Gasteiger partial charge in [0.1, 0.15) is 11.8 Å². The number of amides is 3. The first kappa shape index (κ1) is 25.2. The topological polar surface area (TPSA) is 108 Å². The van der Waals surface area contributed by atoms with Gasteiger partial charge >= 0.3 is 0 Å². The molecule has 3 amide bonds. The van der Waals surface area contributed by atoms with Gasteiger partial charge in [-0.3, -0.25) is 19.3 Å². The fourth-order valence-corrected chi connectivity index (χ4v) is 4.16. The van der Waals surface area contributed by atoms with Gasteiger partial charge in [-0.2, -0.15) is 0 Å². The average molecular weight is 461 g/mol. The zero-order valence-corrected chi connectivity index (χ0v) is 19.7. The molecule has 0 aliphatic carbocycles. The molecule has 9 heteroatoms. The Kier molecular flexibility index (Phi) is 9.10. The molecule has 0 bridgehead atoms. The lowest BCUT2D eigenvalue weighted by atomic mass is 10.0. The maximum Gasteiger partial charge on any atom is 0.263 e.